The van der Waals surface area contributed by atoms with Crippen molar-refractivity contribution < 1.29 is 18.0 Å². The van der Waals surface area contributed by atoms with Crippen molar-refractivity contribution in [3.05, 3.63) is 38.7 Å². The van der Waals surface area contributed by atoms with E-state index in [0.717, 1.165) is 12.1 Å². The van der Waals surface area contributed by atoms with Crippen LogP contribution in [0.3, 0.4) is 0 Å². The highest BCUT2D eigenvalue weighted by Crippen LogP contribution is 2.27. The molecule has 0 N–H and O–H groups in total. The maximum atomic E-state index is 12.1. The van der Waals surface area contributed by atoms with Gasteiger partial charge in [-0.25, -0.2) is 0 Å². The van der Waals surface area contributed by atoms with Crippen molar-refractivity contribution >= 4 is 27.4 Å². The Morgan fingerprint density at radius 3 is 2.50 bits per heavy atom. The first-order valence-electron chi connectivity index (χ1n) is 3.82. The van der Waals surface area contributed by atoms with E-state index in [0.29, 0.717) is 0 Å². The zero-order chi connectivity index (χ0) is 12.3. The first kappa shape index (κ1) is 12.5. The molecular weight excluding hydrogens is 291 g/mol. The molecule has 0 radical (unpaired) electrons. The molecule has 0 saturated carbocycles. The molecule has 1 aromatic rings. The summed E-state index contributed by atoms with van der Waals surface area (Å²) in [6.45, 7) is 0. The fourth-order valence-electron chi connectivity index (χ4n) is 0.978. The molecular formula is C8H3BrF3N3O. The standard InChI is InChI=1S/C8H3BrF3N3O/c9-5-1-4(7(16)8(10,11)12)2-6(3-5)14-15-13/h1-3H. The van der Waals surface area contributed by atoms with Crippen LogP contribution in [0.4, 0.5) is 18.9 Å². The van der Waals surface area contributed by atoms with Crippen molar-refractivity contribution in [2.45, 2.75) is 6.18 Å². The molecule has 16 heavy (non-hydrogen) atoms. The van der Waals surface area contributed by atoms with Gasteiger partial charge in [-0.05, 0) is 23.7 Å². The maximum Gasteiger partial charge on any atom is 0.454 e. The number of ketones is 1. The van der Waals surface area contributed by atoms with E-state index in [9.17, 15) is 18.0 Å². The van der Waals surface area contributed by atoms with E-state index < -0.39 is 17.5 Å². The summed E-state index contributed by atoms with van der Waals surface area (Å²) < 4.78 is 36.6. The van der Waals surface area contributed by atoms with Crippen molar-refractivity contribution in [3.8, 4) is 0 Å². The number of halogens is 4. The van der Waals surface area contributed by atoms with Gasteiger partial charge in [-0.15, -0.1) is 0 Å². The third-order valence-corrected chi connectivity index (χ3v) is 2.02. The summed E-state index contributed by atoms with van der Waals surface area (Å²) in [4.78, 5) is 13.3. The number of rotatable bonds is 2. The van der Waals surface area contributed by atoms with Crippen LogP contribution in [0.5, 0.6) is 0 Å². The van der Waals surface area contributed by atoms with Crippen LogP contribution in [0.1, 0.15) is 10.4 Å². The van der Waals surface area contributed by atoms with Crippen LogP contribution in [0.15, 0.2) is 27.8 Å². The van der Waals surface area contributed by atoms with Crippen LogP contribution in [0, 0.1) is 0 Å². The Labute approximate surface area is 95.8 Å². The first-order chi connectivity index (χ1) is 7.34. The minimum Gasteiger partial charge on any atom is -0.284 e. The van der Waals surface area contributed by atoms with Crippen molar-refractivity contribution in [2.75, 3.05) is 0 Å². The van der Waals surface area contributed by atoms with Crippen LogP contribution >= 0.6 is 15.9 Å². The van der Waals surface area contributed by atoms with Gasteiger partial charge in [0.15, 0.2) is 0 Å². The molecule has 8 heteroatoms. The molecule has 0 bridgehead atoms. The van der Waals surface area contributed by atoms with E-state index in [1.807, 2.05) is 0 Å². The number of benzene rings is 1. The molecule has 4 nitrogen and oxygen atoms in total. The molecule has 84 valence electrons. The predicted molar refractivity (Wildman–Crippen MR) is 53.3 cm³/mol. The number of hydrogen-bond acceptors (Lipinski definition) is 2. The van der Waals surface area contributed by atoms with Gasteiger partial charge in [0.25, 0.3) is 5.78 Å². The number of alkyl halides is 3. The number of azide groups is 1. The van der Waals surface area contributed by atoms with E-state index in [1.54, 1.807) is 0 Å². The van der Waals surface area contributed by atoms with Gasteiger partial charge < -0.3 is 0 Å². The molecule has 1 aromatic carbocycles. The number of carbonyl (C=O) groups excluding carboxylic acids is 1. The highest BCUT2D eigenvalue weighted by molar-refractivity contribution is 9.10. The molecule has 0 atom stereocenters. The summed E-state index contributed by atoms with van der Waals surface area (Å²) >= 11 is 2.92. The van der Waals surface area contributed by atoms with E-state index in [4.69, 9.17) is 5.53 Å². The number of carbonyl (C=O) groups is 1. The third kappa shape index (κ3) is 2.98. The molecule has 0 aromatic heterocycles. The Hall–Kier alpha value is -1.53. The van der Waals surface area contributed by atoms with Crippen LogP contribution in [0.25, 0.3) is 10.4 Å². The van der Waals surface area contributed by atoms with E-state index in [1.165, 1.54) is 6.07 Å². The van der Waals surface area contributed by atoms with Crippen LogP contribution in [0.2, 0.25) is 0 Å². The Morgan fingerprint density at radius 2 is 2.00 bits per heavy atom. The molecule has 1 rings (SSSR count). The zero-order valence-electron chi connectivity index (χ0n) is 7.49. The van der Waals surface area contributed by atoms with Gasteiger partial charge >= 0.3 is 6.18 Å². The van der Waals surface area contributed by atoms with Crippen LogP contribution in [-0.2, 0) is 0 Å². The number of hydrogen-bond donors (Lipinski definition) is 0. The molecule has 0 saturated heterocycles. The molecule has 0 aliphatic rings. The molecule has 0 fully saturated rings. The van der Waals surface area contributed by atoms with Gasteiger partial charge in [-0.3, -0.25) is 4.79 Å². The molecule has 0 spiro atoms. The van der Waals surface area contributed by atoms with Gasteiger partial charge in [0.1, 0.15) is 0 Å². The average molecular weight is 294 g/mol. The monoisotopic (exact) mass is 293 g/mol. The Bertz CT molecular complexity index is 480. The summed E-state index contributed by atoms with van der Waals surface area (Å²) in [5.74, 6) is -1.98. The second kappa shape index (κ2) is 4.54. The minimum absolute atomic E-state index is 0.0653. The summed E-state index contributed by atoms with van der Waals surface area (Å²) in [7, 11) is 0. The smallest absolute Gasteiger partial charge is 0.284 e. The van der Waals surface area contributed by atoms with Gasteiger partial charge in [0, 0.05) is 20.6 Å². The zero-order valence-corrected chi connectivity index (χ0v) is 9.08. The van der Waals surface area contributed by atoms with E-state index in [-0.39, 0.29) is 10.2 Å². The summed E-state index contributed by atoms with van der Waals surface area (Å²) in [5.41, 5.74) is 7.49. The quantitative estimate of drug-likeness (QED) is 0.350. The summed E-state index contributed by atoms with van der Waals surface area (Å²) in [5, 5.41) is 3.12. The maximum absolute atomic E-state index is 12.1. The highest BCUT2D eigenvalue weighted by atomic mass is 79.9. The average Bonchev–Trinajstić information content (AvgIpc) is 2.14. The van der Waals surface area contributed by atoms with Crippen LogP contribution in [-0.4, -0.2) is 12.0 Å². The van der Waals surface area contributed by atoms with Crippen LogP contribution < -0.4 is 0 Å². The molecule has 0 aliphatic heterocycles. The molecule has 0 heterocycles. The van der Waals surface area contributed by atoms with E-state index >= 15 is 0 Å². The second-order valence-electron chi connectivity index (χ2n) is 2.71. The number of Topliss-reactive ketones (excluding diaryl/α,β-unsaturated/α-hetero) is 1. The summed E-state index contributed by atoms with van der Waals surface area (Å²) in [6, 6.07) is 3.18. The lowest BCUT2D eigenvalue weighted by atomic mass is 10.1. The normalized spacial score (nSPS) is 10.8. The molecule has 0 amide bonds. The second-order valence-corrected chi connectivity index (χ2v) is 3.63. The van der Waals surface area contributed by atoms with Crippen molar-refractivity contribution in [3.63, 3.8) is 0 Å². The largest absolute Gasteiger partial charge is 0.454 e. The van der Waals surface area contributed by atoms with Gasteiger partial charge in [-0.2, -0.15) is 13.2 Å². The van der Waals surface area contributed by atoms with Gasteiger partial charge in [0.2, 0.25) is 0 Å². The predicted octanol–water partition coefficient (Wildman–Crippen LogP) is 4.14. The highest BCUT2D eigenvalue weighted by Gasteiger charge is 2.39. The lowest BCUT2D eigenvalue weighted by Crippen LogP contribution is -2.22. The molecule has 0 unspecified atom stereocenters. The topological polar surface area (TPSA) is 65.8 Å². The summed E-state index contributed by atoms with van der Waals surface area (Å²) in [6.07, 6.45) is -4.95. The van der Waals surface area contributed by atoms with E-state index in [2.05, 4.69) is 26.0 Å². The Balaban J connectivity index is 3.25. The minimum atomic E-state index is -4.95. The third-order valence-electron chi connectivity index (χ3n) is 1.56. The van der Waals surface area contributed by atoms with Gasteiger partial charge in [-0.1, -0.05) is 21.0 Å². The van der Waals surface area contributed by atoms with Crippen molar-refractivity contribution in [1.29, 1.82) is 0 Å². The van der Waals surface area contributed by atoms with Gasteiger partial charge in [0.05, 0.1) is 0 Å². The molecule has 0 aliphatic carbocycles. The SMILES string of the molecule is [N-]=[N+]=Nc1cc(Br)cc(C(=O)C(F)(F)F)c1. The Kier molecular flexibility index (Phi) is 3.56. The van der Waals surface area contributed by atoms with Crippen molar-refractivity contribution in [2.24, 2.45) is 5.11 Å². The lowest BCUT2D eigenvalue weighted by Gasteiger charge is -2.06. The van der Waals surface area contributed by atoms with Crippen molar-refractivity contribution in [1.82, 2.24) is 0 Å². The fourth-order valence-corrected chi connectivity index (χ4v) is 1.46. The first-order valence-corrected chi connectivity index (χ1v) is 4.61. The number of nitrogens with zero attached hydrogens (tertiary/aromatic N) is 3. The fraction of sp³-hybridized carbons (Fsp3) is 0.125. The Morgan fingerprint density at radius 1 is 1.38 bits per heavy atom. The lowest BCUT2D eigenvalue weighted by molar-refractivity contribution is -0.0885.